The summed E-state index contributed by atoms with van der Waals surface area (Å²) < 4.78 is 28.1. The summed E-state index contributed by atoms with van der Waals surface area (Å²) in [6.07, 6.45) is 0.697. The van der Waals surface area contributed by atoms with Crippen molar-refractivity contribution in [2.24, 2.45) is 0 Å². The maximum absolute atomic E-state index is 11.6. The summed E-state index contributed by atoms with van der Waals surface area (Å²) >= 11 is 0. The van der Waals surface area contributed by atoms with Crippen LogP contribution in [0, 0.1) is 0 Å². The van der Waals surface area contributed by atoms with Crippen LogP contribution in [0.25, 0.3) is 0 Å². The quantitative estimate of drug-likeness (QED) is 0.681. The smallest absolute Gasteiger partial charge is 0.154 e. The molecule has 0 amide bonds. The summed E-state index contributed by atoms with van der Waals surface area (Å²) in [6, 6.07) is -0.0417. The molecule has 0 saturated carbocycles. The molecule has 2 unspecified atom stereocenters. The van der Waals surface area contributed by atoms with Gasteiger partial charge in [-0.05, 0) is 19.9 Å². The molecule has 5 heteroatoms. The van der Waals surface area contributed by atoms with E-state index in [4.69, 9.17) is 4.74 Å². The number of nitrogens with one attached hydrogen (secondary N) is 1. The third kappa shape index (κ3) is 2.93. The van der Waals surface area contributed by atoms with E-state index in [0.29, 0.717) is 13.0 Å². The molecule has 1 aliphatic rings. The van der Waals surface area contributed by atoms with E-state index >= 15 is 0 Å². The molecule has 1 aliphatic heterocycles. The van der Waals surface area contributed by atoms with Crippen molar-refractivity contribution in [3.63, 3.8) is 0 Å². The Morgan fingerprint density at radius 1 is 1.54 bits per heavy atom. The topological polar surface area (TPSA) is 55.4 Å². The first-order valence-electron chi connectivity index (χ1n) is 4.50. The first-order chi connectivity index (χ1) is 6.06. The number of methoxy groups -OCH3 is 1. The second kappa shape index (κ2) is 4.39. The lowest BCUT2D eigenvalue weighted by molar-refractivity contribution is 0.174. The Hall–Kier alpha value is -0.130. The lowest BCUT2D eigenvalue weighted by Crippen LogP contribution is -2.37. The van der Waals surface area contributed by atoms with Gasteiger partial charge < -0.3 is 10.1 Å². The average Bonchev–Trinajstić information content (AvgIpc) is 2.13. The first-order valence-corrected chi connectivity index (χ1v) is 6.21. The molecule has 0 bridgehead atoms. The van der Waals surface area contributed by atoms with Crippen molar-refractivity contribution in [1.82, 2.24) is 5.32 Å². The predicted octanol–water partition coefficient (Wildman–Crippen LogP) is -0.202. The van der Waals surface area contributed by atoms with Gasteiger partial charge in [0, 0.05) is 13.2 Å². The molecular formula is C8H17NO3S. The molecule has 1 rings (SSSR count). The summed E-state index contributed by atoms with van der Waals surface area (Å²) in [5.74, 6) is 0.196. The standard InChI is InChI=1S/C8H17NO3S/c1-7-3-4-9-8(5-12-2)6-13(7,10)11/h7-9H,3-6H2,1-2H3. The fraction of sp³-hybridized carbons (Fsp3) is 1.00. The van der Waals surface area contributed by atoms with Crippen molar-refractivity contribution in [3.05, 3.63) is 0 Å². The Bertz CT molecular complexity index is 250. The summed E-state index contributed by atoms with van der Waals surface area (Å²) in [5.41, 5.74) is 0. The van der Waals surface area contributed by atoms with Crippen LogP contribution in [-0.4, -0.2) is 45.7 Å². The highest BCUT2D eigenvalue weighted by Gasteiger charge is 2.28. The average molecular weight is 207 g/mol. The Balaban J connectivity index is 2.65. The van der Waals surface area contributed by atoms with Crippen molar-refractivity contribution in [3.8, 4) is 0 Å². The fourth-order valence-corrected chi connectivity index (χ4v) is 3.06. The lowest BCUT2D eigenvalue weighted by atomic mass is 10.3. The SMILES string of the molecule is COCC1CS(=O)(=O)C(C)CCN1. The van der Waals surface area contributed by atoms with Gasteiger partial charge in [-0.2, -0.15) is 0 Å². The van der Waals surface area contributed by atoms with Crippen LogP contribution in [0.2, 0.25) is 0 Å². The van der Waals surface area contributed by atoms with Crippen LogP contribution in [-0.2, 0) is 14.6 Å². The third-order valence-electron chi connectivity index (χ3n) is 2.40. The van der Waals surface area contributed by atoms with E-state index < -0.39 is 9.84 Å². The minimum absolute atomic E-state index is 0.0417. The third-order valence-corrected chi connectivity index (χ3v) is 4.73. The molecule has 1 heterocycles. The molecule has 2 atom stereocenters. The van der Waals surface area contributed by atoms with E-state index in [-0.39, 0.29) is 17.0 Å². The normalized spacial score (nSPS) is 34.0. The van der Waals surface area contributed by atoms with Crippen LogP contribution in [0.4, 0.5) is 0 Å². The van der Waals surface area contributed by atoms with Crippen LogP contribution in [0.5, 0.6) is 0 Å². The number of hydrogen-bond donors (Lipinski definition) is 1. The largest absolute Gasteiger partial charge is 0.383 e. The Labute approximate surface area is 79.6 Å². The number of hydrogen-bond acceptors (Lipinski definition) is 4. The Morgan fingerprint density at radius 2 is 2.23 bits per heavy atom. The van der Waals surface area contributed by atoms with Gasteiger partial charge in [0.25, 0.3) is 0 Å². The molecule has 0 aromatic carbocycles. The van der Waals surface area contributed by atoms with Gasteiger partial charge in [-0.1, -0.05) is 0 Å². The molecule has 78 valence electrons. The lowest BCUT2D eigenvalue weighted by Gasteiger charge is -2.13. The highest BCUT2D eigenvalue weighted by Crippen LogP contribution is 2.11. The van der Waals surface area contributed by atoms with Gasteiger partial charge >= 0.3 is 0 Å². The molecule has 4 nitrogen and oxygen atoms in total. The van der Waals surface area contributed by atoms with E-state index in [1.165, 1.54) is 0 Å². The van der Waals surface area contributed by atoms with Gasteiger partial charge in [0.15, 0.2) is 9.84 Å². The number of rotatable bonds is 2. The predicted molar refractivity (Wildman–Crippen MR) is 51.5 cm³/mol. The van der Waals surface area contributed by atoms with Gasteiger partial charge in [0.1, 0.15) is 0 Å². The van der Waals surface area contributed by atoms with Gasteiger partial charge in [0.2, 0.25) is 0 Å². The fourth-order valence-electron chi connectivity index (χ4n) is 1.48. The maximum Gasteiger partial charge on any atom is 0.154 e. The molecule has 1 N–H and O–H groups in total. The van der Waals surface area contributed by atoms with Crippen LogP contribution in [0.1, 0.15) is 13.3 Å². The second-order valence-corrected chi connectivity index (χ2v) is 6.00. The summed E-state index contributed by atoms with van der Waals surface area (Å²) in [6.45, 7) is 2.99. The highest BCUT2D eigenvalue weighted by molar-refractivity contribution is 7.92. The van der Waals surface area contributed by atoms with Crippen molar-refractivity contribution in [2.45, 2.75) is 24.6 Å². The van der Waals surface area contributed by atoms with E-state index in [2.05, 4.69) is 5.32 Å². The van der Waals surface area contributed by atoms with Crippen LogP contribution in [0.15, 0.2) is 0 Å². The zero-order chi connectivity index (χ0) is 9.90. The second-order valence-electron chi connectivity index (χ2n) is 3.54. The summed E-state index contributed by atoms with van der Waals surface area (Å²) in [7, 11) is -1.33. The van der Waals surface area contributed by atoms with E-state index in [0.717, 1.165) is 6.54 Å². The zero-order valence-electron chi connectivity index (χ0n) is 8.12. The number of ether oxygens (including phenoxy) is 1. The van der Waals surface area contributed by atoms with Crippen molar-refractivity contribution in [2.75, 3.05) is 26.0 Å². The summed E-state index contributed by atoms with van der Waals surface area (Å²) in [5, 5.41) is 2.94. The first kappa shape index (κ1) is 10.9. The van der Waals surface area contributed by atoms with E-state index in [9.17, 15) is 8.42 Å². The van der Waals surface area contributed by atoms with Crippen LogP contribution < -0.4 is 5.32 Å². The van der Waals surface area contributed by atoms with Crippen molar-refractivity contribution < 1.29 is 13.2 Å². The maximum atomic E-state index is 11.6. The molecule has 0 radical (unpaired) electrons. The molecule has 0 aromatic heterocycles. The minimum atomic E-state index is -2.91. The summed E-state index contributed by atoms with van der Waals surface area (Å²) in [4.78, 5) is 0. The Kier molecular flexibility index (Phi) is 3.70. The molecule has 1 saturated heterocycles. The van der Waals surface area contributed by atoms with E-state index in [1.807, 2.05) is 0 Å². The molecule has 0 aliphatic carbocycles. The van der Waals surface area contributed by atoms with E-state index in [1.54, 1.807) is 14.0 Å². The van der Waals surface area contributed by atoms with Gasteiger partial charge in [-0.3, -0.25) is 0 Å². The van der Waals surface area contributed by atoms with Gasteiger partial charge in [-0.25, -0.2) is 8.42 Å². The van der Waals surface area contributed by atoms with Gasteiger partial charge in [0.05, 0.1) is 17.6 Å². The van der Waals surface area contributed by atoms with Gasteiger partial charge in [-0.15, -0.1) is 0 Å². The Morgan fingerprint density at radius 3 is 2.85 bits per heavy atom. The molecule has 0 spiro atoms. The zero-order valence-corrected chi connectivity index (χ0v) is 8.93. The molecule has 1 fully saturated rings. The monoisotopic (exact) mass is 207 g/mol. The minimum Gasteiger partial charge on any atom is -0.383 e. The molecule has 0 aromatic rings. The van der Waals surface area contributed by atoms with Crippen molar-refractivity contribution >= 4 is 9.84 Å². The molecule has 13 heavy (non-hydrogen) atoms. The number of sulfone groups is 1. The molecular weight excluding hydrogens is 190 g/mol. The van der Waals surface area contributed by atoms with Crippen LogP contribution >= 0.6 is 0 Å². The van der Waals surface area contributed by atoms with Crippen LogP contribution in [0.3, 0.4) is 0 Å². The van der Waals surface area contributed by atoms with Crippen molar-refractivity contribution in [1.29, 1.82) is 0 Å². The highest BCUT2D eigenvalue weighted by atomic mass is 32.2.